The second-order valence-corrected chi connectivity index (χ2v) is 6.07. The van der Waals surface area contributed by atoms with Crippen molar-refractivity contribution in [3.63, 3.8) is 0 Å². The zero-order valence-corrected chi connectivity index (χ0v) is 14.3. The third-order valence-electron chi connectivity index (χ3n) is 3.24. The Morgan fingerprint density at radius 3 is 2.62 bits per heavy atom. The summed E-state index contributed by atoms with van der Waals surface area (Å²) in [4.78, 5) is 24.3. The molecule has 0 spiro atoms. The van der Waals surface area contributed by atoms with Crippen molar-refractivity contribution in [1.29, 1.82) is 0 Å². The lowest BCUT2D eigenvalue weighted by molar-refractivity contribution is -0.383. The zero-order valence-electron chi connectivity index (χ0n) is 12.8. The lowest BCUT2D eigenvalue weighted by Gasteiger charge is -2.17. The number of amides is 1. The molecule has 0 bridgehead atoms. The molecule has 0 heterocycles. The highest BCUT2D eigenvalue weighted by Crippen LogP contribution is 2.24. The summed E-state index contributed by atoms with van der Waals surface area (Å²) in [5.41, 5.74) is 0.863. The highest BCUT2D eigenvalue weighted by Gasteiger charge is 2.16. The van der Waals surface area contributed by atoms with Gasteiger partial charge in [-0.15, -0.1) is 0 Å². The Morgan fingerprint density at radius 1 is 1.25 bits per heavy atom. The molecule has 0 atom stereocenters. The Hall–Kier alpha value is -2.15. The molecule has 2 rings (SSSR count). The van der Waals surface area contributed by atoms with Gasteiger partial charge in [-0.25, -0.2) is 0 Å². The van der Waals surface area contributed by atoms with Gasteiger partial charge in [-0.2, -0.15) is 0 Å². The van der Waals surface area contributed by atoms with Crippen LogP contribution in [0.25, 0.3) is 0 Å². The van der Waals surface area contributed by atoms with Crippen LogP contribution in [-0.4, -0.2) is 29.3 Å². The van der Waals surface area contributed by atoms with E-state index in [0.29, 0.717) is 16.6 Å². The van der Waals surface area contributed by atoms with Gasteiger partial charge in [0, 0.05) is 22.7 Å². The van der Waals surface area contributed by atoms with Crippen LogP contribution in [0.5, 0.6) is 0 Å². The first kappa shape index (κ1) is 18.2. The molecule has 2 aromatic carbocycles. The normalized spacial score (nSPS) is 10.7. The average Bonchev–Trinajstić information content (AvgIpc) is 2.50. The molecule has 6 nitrogen and oxygen atoms in total. The Labute approximate surface area is 149 Å². The summed E-state index contributed by atoms with van der Waals surface area (Å²) >= 11 is 12.0. The molecule has 0 aliphatic rings. The predicted molar refractivity (Wildman–Crippen MR) is 94.5 cm³/mol. The fourth-order valence-corrected chi connectivity index (χ4v) is 2.64. The van der Waals surface area contributed by atoms with E-state index in [2.05, 4.69) is 5.32 Å². The Morgan fingerprint density at radius 2 is 1.96 bits per heavy atom. The number of nitrogens with zero attached hydrogens (tertiary/aromatic N) is 2. The number of benzene rings is 2. The smallest absolute Gasteiger partial charge is 0.292 e. The van der Waals surface area contributed by atoms with E-state index < -0.39 is 4.92 Å². The van der Waals surface area contributed by atoms with E-state index >= 15 is 0 Å². The molecule has 0 fully saturated rings. The molecular formula is C16H15Cl2N3O3. The lowest BCUT2D eigenvalue weighted by atomic mass is 10.2. The Kier molecular flexibility index (Phi) is 6.14. The molecule has 2 aromatic rings. The van der Waals surface area contributed by atoms with Crippen LogP contribution < -0.4 is 5.32 Å². The molecule has 126 valence electrons. The fraction of sp³-hybridized carbons (Fsp3) is 0.188. The number of nitrogens with one attached hydrogen (secondary N) is 1. The number of anilines is 1. The molecule has 1 N–H and O–H groups in total. The van der Waals surface area contributed by atoms with E-state index in [1.165, 1.54) is 12.1 Å². The van der Waals surface area contributed by atoms with Gasteiger partial charge in [-0.05, 0) is 30.8 Å². The van der Waals surface area contributed by atoms with Crippen molar-refractivity contribution in [2.45, 2.75) is 6.54 Å². The molecule has 0 aliphatic heterocycles. The molecule has 0 saturated carbocycles. The number of para-hydroxylation sites is 2. The molecule has 8 heteroatoms. The van der Waals surface area contributed by atoms with E-state index in [0.717, 1.165) is 5.56 Å². The monoisotopic (exact) mass is 367 g/mol. The number of nitro benzene ring substituents is 1. The minimum Gasteiger partial charge on any atom is -0.319 e. The summed E-state index contributed by atoms with van der Waals surface area (Å²) in [6.45, 7) is 0.505. The van der Waals surface area contributed by atoms with Gasteiger partial charge in [0.05, 0.1) is 11.5 Å². The van der Waals surface area contributed by atoms with Gasteiger partial charge in [0.15, 0.2) is 0 Å². The first-order valence-electron chi connectivity index (χ1n) is 7.02. The van der Waals surface area contributed by atoms with Crippen LogP contribution in [0.3, 0.4) is 0 Å². The first-order chi connectivity index (χ1) is 11.4. The number of halogens is 2. The Bertz CT molecular complexity index is 768. The molecular weight excluding hydrogens is 353 g/mol. The van der Waals surface area contributed by atoms with Crippen LogP contribution in [0.15, 0.2) is 42.5 Å². The highest BCUT2D eigenvalue weighted by atomic mass is 35.5. The molecule has 0 radical (unpaired) electrons. The van der Waals surface area contributed by atoms with Gasteiger partial charge < -0.3 is 5.32 Å². The number of hydrogen-bond donors (Lipinski definition) is 1. The number of hydrogen-bond acceptors (Lipinski definition) is 4. The van der Waals surface area contributed by atoms with Crippen molar-refractivity contribution in [3.05, 3.63) is 68.2 Å². The van der Waals surface area contributed by atoms with Gasteiger partial charge in [0.2, 0.25) is 5.91 Å². The maximum absolute atomic E-state index is 12.1. The second-order valence-electron chi connectivity index (χ2n) is 5.23. The Balaban J connectivity index is 1.98. The van der Waals surface area contributed by atoms with E-state index in [1.54, 1.807) is 42.3 Å². The largest absolute Gasteiger partial charge is 0.319 e. The number of carbonyl (C=O) groups is 1. The molecule has 24 heavy (non-hydrogen) atoms. The fourth-order valence-electron chi connectivity index (χ4n) is 2.17. The van der Waals surface area contributed by atoms with Crippen LogP contribution >= 0.6 is 23.2 Å². The summed E-state index contributed by atoms with van der Waals surface area (Å²) < 4.78 is 0. The predicted octanol–water partition coefficient (Wildman–Crippen LogP) is 3.97. The van der Waals surface area contributed by atoms with Crippen molar-refractivity contribution >= 4 is 40.5 Å². The molecule has 0 unspecified atom stereocenters. The minimum atomic E-state index is -0.535. The van der Waals surface area contributed by atoms with E-state index in [4.69, 9.17) is 23.2 Å². The quantitative estimate of drug-likeness (QED) is 0.618. The third kappa shape index (κ3) is 4.92. The highest BCUT2D eigenvalue weighted by molar-refractivity contribution is 6.35. The zero-order chi connectivity index (χ0) is 17.7. The van der Waals surface area contributed by atoms with Crippen LogP contribution in [0.1, 0.15) is 5.56 Å². The molecule has 0 aromatic heterocycles. The van der Waals surface area contributed by atoms with Crippen molar-refractivity contribution in [1.82, 2.24) is 4.90 Å². The standard InChI is InChI=1S/C16H15Cl2N3O3/c1-20(9-11-6-7-12(17)8-13(11)18)10-16(22)19-14-4-2-3-5-15(14)21(23)24/h2-8H,9-10H2,1H3,(H,19,22). The number of rotatable bonds is 6. The summed E-state index contributed by atoms with van der Waals surface area (Å²) in [5.74, 6) is -0.350. The third-order valence-corrected chi connectivity index (χ3v) is 3.83. The maximum atomic E-state index is 12.1. The van der Waals surface area contributed by atoms with Crippen LogP contribution in [0.2, 0.25) is 10.0 Å². The van der Waals surface area contributed by atoms with Crippen molar-refractivity contribution < 1.29 is 9.72 Å². The minimum absolute atomic E-state index is 0.0605. The van der Waals surface area contributed by atoms with Crippen molar-refractivity contribution in [3.8, 4) is 0 Å². The molecule has 0 saturated heterocycles. The van der Waals surface area contributed by atoms with Crippen molar-refractivity contribution in [2.24, 2.45) is 0 Å². The lowest BCUT2D eigenvalue weighted by Crippen LogP contribution is -2.30. The van der Waals surface area contributed by atoms with Gasteiger partial charge in [-0.1, -0.05) is 41.4 Å². The van der Waals surface area contributed by atoms with Gasteiger partial charge in [-0.3, -0.25) is 19.8 Å². The van der Waals surface area contributed by atoms with E-state index in [-0.39, 0.29) is 23.8 Å². The summed E-state index contributed by atoms with van der Waals surface area (Å²) in [5, 5.41) is 14.6. The summed E-state index contributed by atoms with van der Waals surface area (Å²) in [6, 6.07) is 11.2. The number of likely N-dealkylation sites (N-methyl/N-ethyl adjacent to an activating group) is 1. The van der Waals surface area contributed by atoms with Crippen LogP contribution in [-0.2, 0) is 11.3 Å². The summed E-state index contributed by atoms with van der Waals surface area (Å²) in [6.07, 6.45) is 0. The van der Waals surface area contributed by atoms with Crippen LogP contribution in [0.4, 0.5) is 11.4 Å². The second kappa shape index (κ2) is 8.10. The van der Waals surface area contributed by atoms with E-state index in [1.807, 2.05) is 0 Å². The van der Waals surface area contributed by atoms with Gasteiger partial charge in [0.25, 0.3) is 5.69 Å². The first-order valence-corrected chi connectivity index (χ1v) is 7.78. The average molecular weight is 368 g/mol. The van der Waals surface area contributed by atoms with Crippen molar-refractivity contribution in [2.75, 3.05) is 18.9 Å². The van der Waals surface area contributed by atoms with Crippen LogP contribution in [0, 0.1) is 10.1 Å². The number of carbonyl (C=O) groups excluding carboxylic acids is 1. The topological polar surface area (TPSA) is 75.5 Å². The molecule has 1 amide bonds. The van der Waals surface area contributed by atoms with Gasteiger partial charge >= 0.3 is 0 Å². The summed E-state index contributed by atoms with van der Waals surface area (Å²) in [7, 11) is 1.75. The maximum Gasteiger partial charge on any atom is 0.292 e. The van der Waals surface area contributed by atoms with Gasteiger partial charge in [0.1, 0.15) is 5.69 Å². The van der Waals surface area contributed by atoms with E-state index in [9.17, 15) is 14.9 Å². The SMILES string of the molecule is CN(CC(=O)Nc1ccccc1[N+](=O)[O-])Cc1ccc(Cl)cc1Cl. The number of nitro groups is 1. The molecule has 0 aliphatic carbocycles.